The number of likely N-dealkylation sites (tertiary alicyclic amines) is 1. The van der Waals surface area contributed by atoms with Gasteiger partial charge in [-0.15, -0.1) is 0 Å². The standard InChI is InChI=1S/C27H34Cl2N2O2/c1-19-15-20(2)18-31(17-19)13-14-33-23-8-6-22(7-9-23)30-26(32)27(11-3-4-12-27)24-10-5-21(28)16-25(24)29/h5-10,16,19-20H,3-4,11-15,17-18H2,1-2H3,(H,30,32)/t19-,20-/m0/s1. The maximum atomic E-state index is 13.4. The molecule has 2 aromatic carbocycles. The quantitative estimate of drug-likeness (QED) is 0.465. The Morgan fingerprint density at radius 1 is 1.06 bits per heavy atom. The van der Waals surface area contributed by atoms with Gasteiger partial charge >= 0.3 is 0 Å². The van der Waals surface area contributed by atoms with Crippen molar-refractivity contribution in [2.75, 3.05) is 31.6 Å². The van der Waals surface area contributed by atoms with E-state index in [2.05, 4.69) is 24.1 Å². The number of ether oxygens (including phenoxy) is 1. The molecule has 0 aromatic heterocycles. The molecule has 2 aliphatic rings. The summed E-state index contributed by atoms with van der Waals surface area (Å²) >= 11 is 12.6. The van der Waals surface area contributed by atoms with Gasteiger partial charge in [-0.25, -0.2) is 0 Å². The number of hydrogen-bond donors (Lipinski definition) is 1. The minimum Gasteiger partial charge on any atom is -0.492 e. The average molecular weight is 489 g/mol. The lowest BCUT2D eigenvalue weighted by Crippen LogP contribution is -2.40. The van der Waals surface area contributed by atoms with E-state index in [1.807, 2.05) is 36.4 Å². The first-order chi connectivity index (χ1) is 15.9. The molecular weight excluding hydrogens is 455 g/mol. The van der Waals surface area contributed by atoms with E-state index in [1.165, 1.54) is 6.42 Å². The molecule has 1 saturated heterocycles. The van der Waals surface area contributed by atoms with Crippen molar-refractivity contribution in [2.45, 2.75) is 51.4 Å². The Labute approximate surface area is 207 Å². The third-order valence-electron chi connectivity index (χ3n) is 7.07. The number of piperidine rings is 1. The van der Waals surface area contributed by atoms with Gasteiger partial charge in [-0.1, -0.05) is 56.0 Å². The van der Waals surface area contributed by atoms with Gasteiger partial charge in [0, 0.05) is 35.4 Å². The number of rotatable bonds is 7. The minimum atomic E-state index is -0.612. The lowest BCUT2D eigenvalue weighted by Gasteiger charge is -2.34. The van der Waals surface area contributed by atoms with Crippen LogP contribution < -0.4 is 10.1 Å². The Bertz CT molecular complexity index is 947. The molecule has 0 radical (unpaired) electrons. The minimum absolute atomic E-state index is 0.00812. The number of nitrogens with one attached hydrogen (secondary N) is 1. The van der Waals surface area contributed by atoms with Crippen molar-refractivity contribution < 1.29 is 9.53 Å². The molecule has 1 N–H and O–H groups in total. The Hall–Kier alpha value is -1.75. The van der Waals surface area contributed by atoms with Gasteiger partial charge < -0.3 is 10.1 Å². The molecule has 1 aliphatic heterocycles. The Kier molecular flexibility index (Phi) is 7.88. The number of amides is 1. The first-order valence-electron chi connectivity index (χ1n) is 12.1. The second kappa shape index (κ2) is 10.7. The molecule has 1 saturated carbocycles. The Balaban J connectivity index is 1.35. The van der Waals surface area contributed by atoms with Crippen molar-refractivity contribution in [3.05, 3.63) is 58.1 Å². The fourth-order valence-electron chi connectivity index (χ4n) is 5.63. The lowest BCUT2D eigenvalue weighted by atomic mass is 9.78. The molecule has 1 amide bonds. The highest BCUT2D eigenvalue weighted by Crippen LogP contribution is 2.45. The molecule has 2 fully saturated rings. The first-order valence-corrected chi connectivity index (χ1v) is 12.8. The number of carbonyl (C=O) groups is 1. The summed E-state index contributed by atoms with van der Waals surface area (Å²) in [6.07, 6.45) is 4.90. The van der Waals surface area contributed by atoms with E-state index in [4.69, 9.17) is 27.9 Å². The third-order valence-corrected chi connectivity index (χ3v) is 7.62. The predicted octanol–water partition coefficient (Wildman–Crippen LogP) is 6.80. The summed E-state index contributed by atoms with van der Waals surface area (Å²) in [5.41, 5.74) is 1.02. The first kappa shape index (κ1) is 24.4. The van der Waals surface area contributed by atoms with Crippen molar-refractivity contribution in [1.29, 1.82) is 0 Å². The van der Waals surface area contributed by atoms with E-state index in [0.29, 0.717) is 16.7 Å². The van der Waals surface area contributed by atoms with Crippen LogP contribution >= 0.6 is 23.2 Å². The summed E-state index contributed by atoms with van der Waals surface area (Å²) < 4.78 is 5.97. The maximum absolute atomic E-state index is 13.4. The molecule has 1 heterocycles. The summed E-state index contributed by atoms with van der Waals surface area (Å²) in [5, 5.41) is 4.25. The largest absolute Gasteiger partial charge is 0.492 e. The van der Waals surface area contributed by atoms with Crippen LogP contribution in [0.15, 0.2) is 42.5 Å². The number of halogens is 2. The maximum Gasteiger partial charge on any atom is 0.235 e. The van der Waals surface area contributed by atoms with Gasteiger partial charge in [0.1, 0.15) is 12.4 Å². The fourth-order valence-corrected chi connectivity index (χ4v) is 6.22. The normalized spacial score (nSPS) is 22.8. The van der Waals surface area contributed by atoms with Gasteiger partial charge in [-0.05, 0) is 73.1 Å². The molecule has 0 spiro atoms. The topological polar surface area (TPSA) is 41.6 Å². The molecule has 1 aliphatic carbocycles. The van der Waals surface area contributed by atoms with Gasteiger partial charge in [-0.3, -0.25) is 9.69 Å². The molecule has 2 aromatic rings. The Morgan fingerprint density at radius 2 is 1.73 bits per heavy atom. The second-order valence-electron chi connectivity index (χ2n) is 9.95. The molecule has 178 valence electrons. The van der Waals surface area contributed by atoms with Crippen molar-refractivity contribution in [1.82, 2.24) is 4.90 Å². The van der Waals surface area contributed by atoms with Gasteiger partial charge in [0.05, 0.1) is 5.41 Å². The smallest absolute Gasteiger partial charge is 0.235 e. The second-order valence-corrected chi connectivity index (χ2v) is 10.8. The highest BCUT2D eigenvalue weighted by molar-refractivity contribution is 6.35. The third kappa shape index (κ3) is 5.85. The number of nitrogens with zero attached hydrogens (tertiary/aromatic N) is 1. The molecule has 4 rings (SSSR count). The highest BCUT2D eigenvalue weighted by Gasteiger charge is 2.44. The SMILES string of the molecule is C[C@H]1C[C@H](C)CN(CCOc2ccc(NC(=O)C3(c4ccc(Cl)cc4Cl)CCCC3)cc2)C1. The van der Waals surface area contributed by atoms with E-state index >= 15 is 0 Å². The van der Waals surface area contributed by atoms with Crippen LogP contribution in [0.1, 0.15) is 51.5 Å². The molecule has 0 bridgehead atoms. The molecule has 4 nitrogen and oxygen atoms in total. The summed E-state index contributed by atoms with van der Waals surface area (Å²) in [7, 11) is 0. The molecule has 2 atom stereocenters. The van der Waals surface area contributed by atoms with E-state index in [1.54, 1.807) is 6.07 Å². The van der Waals surface area contributed by atoms with E-state index < -0.39 is 5.41 Å². The monoisotopic (exact) mass is 488 g/mol. The molecule has 6 heteroatoms. The number of anilines is 1. The number of benzene rings is 2. The summed E-state index contributed by atoms with van der Waals surface area (Å²) in [5.74, 6) is 2.32. The van der Waals surface area contributed by atoms with Crippen LogP contribution in [-0.4, -0.2) is 37.0 Å². The van der Waals surface area contributed by atoms with Crippen molar-refractivity contribution in [3.63, 3.8) is 0 Å². The van der Waals surface area contributed by atoms with Crippen LogP contribution in [-0.2, 0) is 10.2 Å². The Morgan fingerprint density at radius 3 is 2.36 bits per heavy atom. The zero-order chi connectivity index (χ0) is 23.4. The van der Waals surface area contributed by atoms with Crippen LogP contribution in [0.3, 0.4) is 0 Å². The summed E-state index contributed by atoms with van der Waals surface area (Å²) in [6.45, 7) is 8.57. The zero-order valence-electron chi connectivity index (χ0n) is 19.6. The predicted molar refractivity (Wildman–Crippen MR) is 137 cm³/mol. The van der Waals surface area contributed by atoms with Crippen LogP contribution in [0.2, 0.25) is 10.0 Å². The van der Waals surface area contributed by atoms with Crippen molar-refractivity contribution in [2.24, 2.45) is 11.8 Å². The zero-order valence-corrected chi connectivity index (χ0v) is 21.1. The van der Waals surface area contributed by atoms with Crippen LogP contribution in [0.25, 0.3) is 0 Å². The fraction of sp³-hybridized carbons (Fsp3) is 0.519. The van der Waals surface area contributed by atoms with Gasteiger partial charge in [0.25, 0.3) is 0 Å². The van der Waals surface area contributed by atoms with E-state index in [-0.39, 0.29) is 5.91 Å². The van der Waals surface area contributed by atoms with Gasteiger partial charge in [0.15, 0.2) is 0 Å². The van der Waals surface area contributed by atoms with Crippen molar-refractivity contribution >= 4 is 34.8 Å². The van der Waals surface area contributed by atoms with Crippen LogP contribution in [0, 0.1) is 11.8 Å². The lowest BCUT2D eigenvalue weighted by molar-refractivity contribution is -0.121. The average Bonchev–Trinajstić information content (AvgIpc) is 3.25. The van der Waals surface area contributed by atoms with Crippen LogP contribution in [0.5, 0.6) is 5.75 Å². The van der Waals surface area contributed by atoms with E-state index in [9.17, 15) is 4.79 Å². The molecule has 0 unspecified atom stereocenters. The summed E-state index contributed by atoms with van der Waals surface area (Å²) in [4.78, 5) is 15.9. The number of hydrogen-bond acceptors (Lipinski definition) is 3. The molecule has 33 heavy (non-hydrogen) atoms. The van der Waals surface area contributed by atoms with Gasteiger partial charge in [-0.2, -0.15) is 0 Å². The van der Waals surface area contributed by atoms with Crippen LogP contribution in [0.4, 0.5) is 5.69 Å². The van der Waals surface area contributed by atoms with Crippen molar-refractivity contribution in [3.8, 4) is 5.75 Å². The molecular formula is C27H34Cl2N2O2. The number of carbonyl (C=O) groups excluding carboxylic acids is 1. The van der Waals surface area contributed by atoms with E-state index in [0.717, 1.165) is 74.2 Å². The van der Waals surface area contributed by atoms with Gasteiger partial charge in [0.2, 0.25) is 5.91 Å². The summed E-state index contributed by atoms with van der Waals surface area (Å²) in [6, 6.07) is 13.1. The highest BCUT2D eigenvalue weighted by atomic mass is 35.5.